The fraction of sp³-hybridized carbons (Fsp3) is 0.333. The van der Waals surface area contributed by atoms with E-state index in [4.69, 9.17) is 4.74 Å². The molecule has 7 nitrogen and oxygen atoms in total. The quantitative estimate of drug-likeness (QED) is 0.474. The van der Waals surface area contributed by atoms with Gasteiger partial charge in [-0.3, -0.25) is 19.3 Å². The van der Waals surface area contributed by atoms with Crippen molar-refractivity contribution in [1.82, 2.24) is 4.90 Å². The molecular weight excluding hydrogens is 392 g/mol. The van der Waals surface area contributed by atoms with Gasteiger partial charge in [-0.2, -0.15) is 0 Å². The van der Waals surface area contributed by atoms with Gasteiger partial charge in [-0.1, -0.05) is 6.42 Å². The maximum Gasteiger partial charge on any atom is 0.341 e. The molecule has 1 aliphatic carbocycles. The summed E-state index contributed by atoms with van der Waals surface area (Å²) in [6.07, 6.45) is 4.82. The van der Waals surface area contributed by atoms with Crippen LogP contribution < -0.4 is 5.32 Å². The smallest absolute Gasteiger partial charge is 0.341 e. The zero-order chi connectivity index (χ0) is 20.7. The number of aryl methyl sites for hydroxylation is 1. The third-order valence-electron chi connectivity index (χ3n) is 5.39. The van der Waals surface area contributed by atoms with Gasteiger partial charge in [0.2, 0.25) is 0 Å². The first-order valence-electron chi connectivity index (χ1n) is 9.43. The molecule has 0 saturated carbocycles. The topological polar surface area (TPSA) is 92.8 Å². The predicted octanol–water partition coefficient (Wildman–Crippen LogP) is 3.28. The fourth-order valence-electron chi connectivity index (χ4n) is 3.83. The van der Waals surface area contributed by atoms with Crippen LogP contribution in [-0.2, 0) is 17.6 Å². The average molecular weight is 412 g/mol. The van der Waals surface area contributed by atoms with Crippen LogP contribution in [0.3, 0.4) is 0 Å². The van der Waals surface area contributed by atoms with E-state index in [0.29, 0.717) is 10.6 Å². The number of nitrogens with one attached hydrogen (secondary N) is 1. The van der Waals surface area contributed by atoms with E-state index in [2.05, 4.69) is 5.32 Å². The summed E-state index contributed by atoms with van der Waals surface area (Å²) in [7, 11) is 2.74. The Labute approximate surface area is 171 Å². The van der Waals surface area contributed by atoms with Crippen molar-refractivity contribution in [2.24, 2.45) is 0 Å². The second-order valence-electron chi connectivity index (χ2n) is 7.14. The highest BCUT2D eigenvalue weighted by atomic mass is 32.1. The van der Waals surface area contributed by atoms with E-state index in [0.717, 1.165) is 47.4 Å². The monoisotopic (exact) mass is 412 g/mol. The highest BCUT2D eigenvalue weighted by Crippen LogP contribution is 2.38. The Hall–Kier alpha value is -3.00. The number of amides is 3. The zero-order valence-electron chi connectivity index (χ0n) is 16.2. The van der Waals surface area contributed by atoms with Gasteiger partial charge in [0.1, 0.15) is 5.00 Å². The minimum atomic E-state index is -0.462. The summed E-state index contributed by atoms with van der Waals surface area (Å²) in [5.74, 6) is -1.72. The number of benzene rings is 1. The number of carbonyl (C=O) groups is 4. The number of nitrogens with zero attached hydrogens (tertiary/aromatic N) is 1. The van der Waals surface area contributed by atoms with Gasteiger partial charge in [0, 0.05) is 17.5 Å². The van der Waals surface area contributed by atoms with Gasteiger partial charge in [-0.15, -0.1) is 11.3 Å². The lowest BCUT2D eigenvalue weighted by Crippen LogP contribution is -2.24. The Morgan fingerprint density at radius 3 is 2.55 bits per heavy atom. The molecule has 8 heteroatoms. The van der Waals surface area contributed by atoms with Crippen LogP contribution >= 0.6 is 11.3 Å². The molecule has 1 N–H and O–H groups in total. The Bertz CT molecular complexity index is 1060. The number of thiophene rings is 1. The second kappa shape index (κ2) is 7.44. The molecule has 1 aromatic heterocycles. The molecule has 0 spiro atoms. The van der Waals surface area contributed by atoms with Crippen LogP contribution in [0.5, 0.6) is 0 Å². The molecule has 0 bridgehead atoms. The summed E-state index contributed by atoms with van der Waals surface area (Å²) in [6.45, 7) is 0. The highest BCUT2D eigenvalue weighted by Gasteiger charge is 2.33. The second-order valence-corrected chi connectivity index (χ2v) is 8.25. The number of anilines is 1. The van der Waals surface area contributed by atoms with Gasteiger partial charge in [-0.05, 0) is 49.4 Å². The van der Waals surface area contributed by atoms with Crippen molar-refractivity contribution in [3.8, 4) is 0 Å². The number of hydrogen-bond acceptors (Lipinski definition) is 6. The largest absolute Gasteiger partial charge is 0.465 e. The molecule has 2 heterocycles. The minimum absolute atomic E-state index is 0.209. The summed E-state index contributed by atoms with van der Waals surface area (Å²) in [5.41, 5.74) is 2.13. The Balaban J connectivity index is 1.67. The molecule has 2 aliphatic rings. The van der Waals surface area contributed by atoms with E-state index in [1.54, 1.807) is 0 Å². The Kier molecular flexibility index (Phi) is 4.96. The van der Waals surface area contributed by atoms with Gasteiger partial charge in [-0.25, -0.2) is 4.79 Å². The molecule has 0 unspecified atom stereocenters. The molecule has 0 atom stereocenters. The first-order valence-corrected chi connectivity index (χ1v) is 10.2. The number of esters is 1. The average Bonchev–Trinajstić information content (AvgIpc) is 3.04. The van der Waals surface area contributed by atoms with E-state index in [-0.39, 0.29) is 22.6 Å². The van der Waals surface area contributed by atoms with Crippen molar-refractivity contribution in [3.63, 3.8) is 0 Å². The van der Waals surface area contributed by atoms with Crippen molar-refractivity contribution < 1.29 is 23.9 Å². The zero-order valence-corrected chi connectivity index (χ0v) is 17.0. The number of fused-ring (bicyclic) bond motifs is 2. The van der Waals surface area contributed by atoms with Crippen molar-refractivity contribution in [1.29, 1.82) is 0 Å². The number of ether oxygens (including phenoxy) is 1. The molecule has 2 aromatic rings. The van der Waals surface area contributed by atoms with Crippen molar-refractivity contribution in [2.45, 2.75) is 32.1 Å². The Morgan fingerprint density at radius 1 is 1.07 bits per heavy atom. The van der Waals surface area contributed by atoms with Crippen LogP contribution in [0.2, 0.25) is 0 Å². The Morgan fingerprint density at radius 2 is 1.79 bits per heavy atom. The molecule has 0 saturated heterocycles. The molecule has 4 rings (SSSR count). The number of rotatable bonds is 3. The van der Waals surface area contributed by atoms with Crippen LogP contribution in [0.15, 0.2) is 18.2 Å². The number of imide groups is 1. The van der Waals surface area contributed by atoms with Crippen molar-refractivity contribution >= 4 is 40.0 Å². The molecule has 1 aromatic carbocycles. The standard InChI is InChI=1S/C21H20N2O5S/c1-23-19(25)12-9-8-11(10-14(12)20(23)26)17(24)22-18-16(21(27)28-2)13-6-4-3-5-7-15(13)29-18/h8-10H,3-7H2,1-2H3,(H,22,24). The van der Waals surface area contributed by atoms with Crippen LogP contribution in [-0.4, -0.2) is 42.7 Å². The van der Waals surface area contributed by atoms with Gasteiger partial charge >= 0.3 is 5.97 Å². The predicted molar refractivity (Wildman–Crippen MR) is 108 cm³/mol. The van der Waals surface area contributed by atoms with E-state index in [9.17, 15) is 19.2 Å². The fourth-order valence-corrected chi connectivity index (χ4v) is 5.10. The SMILES string of the molecule is COC(=O)c1c(NC(=O)c2ccc3c(c2)C(=O)N(C)C3=O)sc2c1CCCCC2. The summed E-state index contributed by atoms with van der Waals surface area (Å²) in [4.78, 5) is 51.6. The molecule has 150 valence electrons. The van der Waals surface area contributed by atoms with Gasteiger partial charge < -0.3 is 10.1 Å². The maximum atomic E-state index is 12.9. The summed E-state index contributed by atoms with van der Waals surface area (Å²) in [6, 6.07) is 4.42. The lowest BCUT2D eigenvalue weighted by atomic mass is 10.0. The number of hydrogen-bond donors (Lipinski definition) is 1. The molecular formula is C21H20N2O5S. The first-order chi connectivity index (χ1) is 13.9. The summed E-state index contributed by atoms with van der Waals surface area (Å²) < 4.78 is 4.96. The summed E-state index contributed by atoms with van der Waals surface area (Å²) in [5, 5.41) is 3.28. The molecule has 29 heavy (non-hydrogen) atoms. The first kappa shape index (κ1) is 19.3. The van der Waals surface area contributed by atoms with Crippen LogP contribution in [0, 0.1) is 0 Å². The van der Waals surface area contributed by atoms with Crippen LogP contribution in [0.25, 0.3) is 0 Å². The third kappa shape index (κ3) is 3.23. The number of methoxy groups -OCH3 is 1. The maximum absolute atomic E-state index is 12.9. The van der Waals surface area contributed by atoms with E-state index < -0.39 is 17.8 Å². The normalized spacial score (nSPS) is 15.6. The van der Waals surface area contributed by atoms with E-state index in [1.807, 2.05) is 0 Å². The van der Waals surface area contributed by atoms with Crippen LogP contribution in [0.4, 0.5) is 5.00 Å². The minimum Gasteiger partial charge on any atom is -0.465 e. The third-order valence-corrected chi connectivity index (χ3v) is 6.60. The van der Waals surface area contributed by atoms with E-state index >= 15 is 0 Å². The van der Waals surface area contributed by atoms with Crippen molar-refractivity contribution in [2.75, 3.05) is 19.5 Å². The lowest BCUT2D eigenvalue weighted by Gasteiger charge is -2.08. The van der Waals surface area contributed by atoms with Gasteiger partial charge in [0.25, 0.3) is 17.7 Å². The molecule has 1 aliphatic heterocycles. The van der Waals surface area contributed by atoms with Gasteiger partial charge in [0.05, 0.1) is 23.8 Å². The molecule has 0 fully saturated rings. The lowest BCUT2D eigenvalue weighted by molar-refractivity contribution is 0.0599. The molecule has 3 amide bonds. The van der Waals surface area contributed by atoms with Crippen molar-refractivity contribution in [3.05, 3.63) is 50.9 Å². The van der Waals surface area contributed by atoms with Crippen LogP contribution in [0.1, 0.15) is 71.1 Å². The van der Waals surface area contributed by atoms with Gasteiger partial charge in [0.15, 0.2) is 0 Å². The van der Waals surface area contributed by atoms with E-state index in [1.165, 1.54) is 43.7 Å². The highest BCUT2D eigenvalue weighted by molar-refractivity contribution is 7.17. The summed E-state index contributed by atoms with van der Waals surface area (Å²) >= 11 is 1.41. The molecule has 0 radical (unpaired) electrons. The number of carbonyl (C=O) groups excluding carboxylic acids is 4.